The molecule has 2 aromatic carbocycles. The van der Waals surface area contributed by atoms with E-state index in [0.29, 0.717) is 12.1 Å². The van der Waals surface area contributed by atoms with Gasteiger partial charge in [0.2, 0.25) is 0 Å². The monoisotopic (exact) mass is 226 g/mol. The number of carbonyl (C=O) groups is 1. The highest BCUT2D eigenvalue weighted by Crippen LogP contribution is 1.98. The fraction of sp³-hybridized carbons (Fsp3) is 0.0714. The molecule has 0 saturated heterocycles. The van der Waals surface area contributed by atoms with Crippen molar-refractivity contribution in [1.29, 1.82) is 0 Å². The van der Waals surface area contributed by atoms with E-state index in [-0.39, 0.29) is 5.91 Å². The van der Waals surface area contributed by atoms with E-state index in [1.54, 1.807) is 12.1 Å². The molecule has 0 aliphatic carbocycles. The van der Waals surface area contributed by atoms with Crippen LogP contribution in [0.1, 0.15) is 15.9 Å². The number of hydrogen-bond donors (Lipinski definition) is 2. The minimum Gasteiger partial charge on any atom is -0.287 e. The first-order valence-electron chi connectivity index (χ1n) is 5.48. The zero-order valence-electron chi connectivity index (χ0n) is 9.39. The molecule has 3 nitrogen and oxygen atoms in total. The van der Waals surface area contributed by atoms with Gasteiger partial charge in [-0.05, 0) is 17.7 Å². The lowest BCUT2D eigenvalue weighted by Gasteiger charge is -2.07. The van der Waals surface area contributed by atoms with Crippen molar-refractivity contribution >= 4 is 5.91 Å². The highest BCUT2D eigenvalue weighted by Gasteiger charge is 2.02. The van der Waals surface area contributed by atoms with Crippen LogP contribution >= 0.6 is 0 Å². The molecular weight excluding hydrogens is 212 g/mol. The van der Waals surface area contributed by atoms with Crippen LogP contribution in [0.4, 0.5) is 0 Å². The van der Waals surface area contributed by atoms with Gasteiger partial charge in [-0.25, -0.2) is 5.43 Å². The number of hydrogen-bond acceptors (Lipinski definition) is 2. The lowest BCUT2D eigenvalue weighted by Crippen LogP contribution is -2.36. The van der Waals surface area contributed by atoms with Gasteiger partial charge in [0, 0.05) is 12.1 Å². The van der Waals surface area contributed by atoms with Gasteiger partial charge in [0.1, 0.15) is 0 Å². The summed E-state index contributed by atoms with van der Waals surface area (Å²) in [4.78, 5) is 11.7. The first-order chi connectivity index (χ1) is 8.36. The molecule has 0 heterocycles. The normalized spacial score (nSPS) is 9.88. The molecule has 1 amide bonds. The van der Waals surface area contributed by atoms with Crippen LogP contribution in [0.5, 0.6) is 0 Å². The van der Waals surface area contributed by atoms with Crippen LogP contribution in [-0.2, 0) is 6.54 Å². The molecule has 0 spiro atoms. The number of rotatable bonds is 4. The van der Waals surface area contributed by atoms with Gasteiger partial charge in [-0.1, -0.05) is 48.5 Å². The van der Waals surface area contributed by atoms with Crippen LogP contribution < -0.4 is 10.9 Å². The van der Waals surface area contributed by atoms with Crippen molar-refractivity contribution in [2.75, 3.05) is 0 Å². The Hall–Kier alpha value is -2.13. The van der Waals surface area contributed by atoms with Crippen LogP contribution in [0.15, 0.2) is 60.7 Å². The van der Waals surface area contributed by atoms with Crippen molar-refractivity contribution in [3.63, 3.8) is 0 Å². The largest absolute Gasteiger partial charge is 0.287 e. The number of amides is 1. The number of benzene rings is 2. The van der Waals surface area contributed by atoms with Crippen molar-refractivity contribution in [2.45, 2.75) is 6.54 Å². The molecule has 0 unspecified atom stereocenters. The topological polar surface area (TPSA) is 41.1 Å². The molecule has 86 valence electrons. The zero-order chi connectivity index (χ0) is 11.9. The Morgan fingerprint density at radius 2 is 1.47 bits per heavy atom. The zero-order valence-corrected chi connectivity index (χ0v) is 9.39. The van der Waals surface area contributed by atoms with Gasteiger partial charge in [-0.15, -0.1) is 0 Å². The summed E-state index contributed by atoms with van der Waals surface area (Å²) in [6.45, 7) is 0.611. The van der Waals surface area contributed by atoms with Gasteiger partial charge in [-0.2, -0.15) is 0 Å². The van der Waals surface area contributed by atoms with Gasteiger partial charge in [0.25, 0.3) is 5.91 Å². The van der Waals surface area contributed by atoms with Gasteiger partial charge in [0.05, 0.1) is 0 Å². The van der Waals surface area contributed by atoms with E-state index in [1.165, 1.54) is 0 Å². The fourth-order valence-electron chi connectivity index (χ4n) is 1.48. The first-order valence-corrected chi connectivity index (χ1v) is 5.48. The minimum atomic E-state index is -0.124. The third-order valence-electron chi connectivity index (χ3n) is 2.37. The first kappa shape index (κ1) is 11.4. The molecule has 0 fully saturated rings. The van der Waals surface area contributed by atoms with E-state index in [9.17, 15) is 4.79 Å². The predicted octanol–water partition coefficient (Wildman–Crippen LogP) is 2.12. The maximum absolute atomic E-state index is 11.7. The van der Waals surface area contributed by atoms with Gasteiger partial charge >= 0.3 is 0 Å². The van der Waals surface area contributed by atoms with Gasteiger partial charge in [0.15, 0.2) is 0 Å². The van der Waals surface area contributed by atoms with Gasteiger partial charge in [-0.3, -0.25) is 10.2 Å². The maximum atomic E-state index is 11.7. The second kappa shape index (κ2) is 5.82. The Bertz CT molecular complexity index is 468. The van der Waals surface area contributed by atoms with Crippen LogP contribution in [0.2, 0.25) is 0 Å². The molecule has 0 bridgehead atoms. The molecule has 2 N–H and O–H groups in total. The summed E-state index contributed by atoms with van der Waals surface area (Å²) in [6.07, 6.45) is 0. The lowest BCUT2D eigenvalue weighted by atomic mass is 10.2. The van der Waals surface area contributed by atoms with Gasteiger partial charge < -0.3 is 0 Å². The molecule has 2 rings (SSSR count). The molecule has 0 saturated carbocycles. The summed E-state index contributed by atoms with van der Waals surface area (Å²) in [6, 6.07) is 19.0. The third-order valence-corrected chi connectivity index (χ3v) is 2.37. The summed E-state index contributed by atoms with van der Waals surface area (Å²) < 4.78 is 0. The number of carbonyl (C=O) groups excluding carboxylic acids is 1. The standard InChI is InChI=1S/C14H14N2O/c17-14(13-9-5-2-6-10-13)16-15-11-12-7-3-1-4-8-12/h1-10,15H,11H2,(H,16,17). The highest BCUT2D eigenvalue weighted by atomic mass is 16.2. The fourth-order valence-corrected chi connectivity index (χ4v) is 1.48. The average Bonchev–Trinajstić information content (AvgIpc) is 2.41. The molecule has 0 aliphatic heterocycles. The molecule has 0 aromatic heterocycles. The predicted molar refractivity (Wildman–Crippen MR) is 67.2 cm³/mol. The Kier molecular flexibility index (Phi) is 3.89. The molecule has 0 atom stereocenters. The Labute approximate surface area is 100 Å². The van der Waals surface area contributed by atoms with E-state index in [2.05, 4.69) is 10.9 Å². The third kappa shape index (κ3) is 3.43. The van der Waals surface area contributed by atoms with E-state index >= 15 is 0 Å². The van der Waals surface area contributed by atoms with E-state index in [4.69, 9.17) is 0 Å². The minimum absolute atomic E-state index is 0.124. The van der Waals surface area contributed by atoms with Crippen LogP contribution in [0, 0.1) is 0 Å². The quantitative estimate of drug-likeness (QED) is 0.784. The van der Waals surface area contributed by atoms with E-state index in [1.807, 2.05) is 48.5 Å². The smallest absolute Gasteiger partial charge is 0.265 e. The molecule has 2 aromatic rings. The highest BCUT2D eigenvalue weighted by molar-refractivity contribution is 5.93. The molecule has 0 aliphatic rings. The molecular formula is C14H14N2O. The van der Waals surface area contributed by atoms with Crippen LogP contribution in [0.25, 0.3) is 0 Å². The number of nitrogens with one attached hydrogen (secondary N) is 2. The van der Waals surface area contributed by atoms with Crippen molar-refractivity contribution in [3.8, 4) is 0 Å². The van der Waals surface area contributed by atoms with Crippen LogP contribution in [0.3, 0.4) is 0 Å². The second-order valence-electron chi connectivity index (χ2n) is 3.66. The lowest BCUT2D eigenvalue weighted by molar-refractivity contribution is 0.0932. The maximum Gasteiger partial charge on any atom is 0.265 e. The van der Waals surface area contributed by atoms with Crippen molar-refractivity contribution < 1.29 is 4.79 Å². The van der Waals surface area contributed by atoms with E-state index < -0.39 is 0 Å². The van der Waals surface area contributed by atoms with Crippen molar-refractivity contribution in [1.82, 2.24) is 10.9 Å². The molecule has 0 radical (unpaired) electrons. The summed E-state index contributed by atoms with van der Waals surface area (Å²) >= 11 is 0. The Morgan fingerprint density at radius 1 is 0.882 bits per heavy atom. The summed E-state index contributed by atoms with van der Waals surface area (Å²) in [5.41, 5.74) is 7.33. The Morgan fingerprint density at radius 3 is 2.12 bits per heavy atom. The van der Waals surface area contributed by atoms with E-state index in [0.717, 1.165) is 5.56 Å². The SMILES string of the molecule is O=C(NNCc1ccccc1)c1ccccc1. The molecule has 3 heteroatoms. The average molecular weight is 226 g/mol. The van der Waals surface area contributed by atoms with Crippen molar-refractivity contribution in [3.05, 3.63) is 71.8 Å². The molecule has 17 heavy (non-hydrogen) atoms. The second-order valence-corrected chi connectivity index (χ2v) is 3.66. The summed E-state index contributed by atoms with van der Waals surface area (Å²) in [5, 5.41) is 0. The number of hydrazine groups is 1. The Balaban J connectivity index is 1.82. The van der Waals surface area contributed by atoms with Crippen molar-refractivity contribution in [2.24, 2.45) is 0 Å². The van der Waals surface area contributed by atoms with Crippen LogP contribution in [-0.4, -0.2) is 5.91 Å². The summed E-state index contributed by atoms with van der Waals surface area (Å²) in [7, 11) is 0. The summed E-state index contributed by atoms with van der Waals surface area (Å²) in [5.74, 6) is -0.124.